The number of nitrogens with one attached hydrogen (secondary N) is 1. The maximum atomic E-state index is 14.4. The van der Waals surface area contributed by atoms with Crippen molar-refractivity contribution in [2.75, 3.05) is 47.3 Å². The van der Waals surface area contributed by atoms with Crippen LogP contribution in [-0.2, 0) is 6.42 Å². The molecule has 0 saturated heterocycles. The van der Waals surface area contributed by atoms with Crippen molar-refractivity contribution in [2.24, 2.45) is 11.8 Å². The van der Waals surface area contributed by atoms with Gasteiger partial charge in [-0.25, -0.2) is 19.2 Å². The Morgan fingerprint density at radius 3 is 2.38 bits per heavy atom. The van der Waals surface area contributed by atoms with Crippen molar-refractivity contribution in [3.8, 4) is 0 Å². The topological polar surface area (TPSA) is 65.8 Å². The van der Waals surface area contributed by atoms with Gasteiger partial charge in [0, 0.05) is 55.5 Å². The number of hydrogen-bond donors (Lipinski definition) is 1. The summed E-state index contributed by atoms with van der Waals surface area (Å²) in [5.74, 6) is 1.73. The number of amides is 2. The standard InChI is InChI=1S/C25H33FN6O.C4H10.C2H6S.C2H6/c1-5-11-30(12-8-17(3)6-2)22-7-10-27-23-20(22)9-13-32(23)25(33)29-19-14-21(26)24-28-18(4)15-31(24)16-19;1-4(2)3;1-3-2;1-2/h7,10,14-17H,5-6,8-9,11-13H2,1-4H3,(H,29,33);4H,1-3H3;1-2H3;1-2H3. The van der Waals surface area contributed by atoms with Crippen molar-refractivity contribution in [3.63, 3.8) is 0 Å². The van der Waals surface area contributed by atoms with E-state index in [4.69, 9.17) is 0 Å². The number of nitrogens with zero attached hydrogens (tertiary/aromatic N) is 5. The van der Waals surface area contributed by atoms with Crippen LogP contribution in [0.25, 0.3) is 5.65 Å². The van der Waals surface area contributed by atoms with Crippen LogP contribution in [0, 0.1) is 24.6 Å². The minimum atomic E-state index is -0.473. The summed E-state index contributed by atoms with van der Waals surface area (Å²) >= 11 is 1.75. The monoisotopic (exact) mass is 602 g/mol. The average Bonchev–Trinajstić information content (AvgIpc) is 3.55. The Morgan fingerprint density at radius 1 is 1.14 bits per heavy atom. The summed E-state index contributed by atoms with van der Waals surface area (Å²) in [4.78, 5) is 25.9. The number of aromatic nitrogens is 3. The van der Waals surface area contributed by atoms with Crippen LogP contribution in [0.4, 0.5) is 26.4 Å². The second-order valence-electron chi connectivity index (χ2n) is 11.1. The first-order valence-electron chi connectivity index (χ1n) is 15.4. The van der Waals surface area contributed by atoms with Gasteiger partial charge in [-0.05, 0) is 56.6 Å². The molecular weight excluding hydrogens is 547 g/mol. The molecule has 42 heavy (non-hydrogen) atoms. The number of carbonyl (C=O) groups is 1. The molecule has 0 aromatic carbocycles. The predicted octanol–water partition coefficient (Wildman–Crippen LogP) is 9.09. The van der Waals surface area contributed by atoms with Gasteiger partial charge >= 0.3 is 6.03 Å². The first-order valence-corrected chi connectivity index (χ1v) is 17.1. The molecule has 1 unspecified atom stereocenters. The molecule has 0 radical (unpaired) electrons. The molecule has 1 N–H and O–H groups in total. The Kier molecular flexibility index (Phi) is 17.2. The molecule has 0 spiro atoms. The Hall–Kier alpha value is -2.81. The predicted molar refractivity (Wildman–Crippen MR) is 182 cm³/mol. The Balaban J connectivity index is 0.000000873. The zero-order valence-electron chi connectivity index (χ0n) is 27.9. The van der Waals surface area contributed by atoms with Gasteiger partial charge in [-0.15, -0.1) is 0 Å². The highest BCUT2D eigenvalue weighted by molar-refractivity contribution is 7.97. The lowest BCUT2D eigenvalue weighted by atomic mass is 10.0. The lowest BCUT2D eigenvalue weighted by Gasteiger charge is -2.28. The molecular formula is C33H55FN6OS. The van der Waals surface area contributed by atoms with Crippen LogP contribution >= 0.6 is 11.8 Å². The summed E-state index contributed by atoms with van der Waals surface area (Å²) in [5.41, 5.74) is 3.62. The summed E-state index contributed by atoms with van der Waals surface area (Å²) in [6.45, 7) is 21.5. The quantitative estimate of drug-likeness (QED) is 0.279. The van der Waals surface area contributed by atoms with Crippen LogP contribution < -0.4 is 15.1 Å². The summed E-state index contributed by atoms with van der Waals surface area (Å²) < 4.78 is 16.0. The van der Waals surface area contributed by atoms with Crippen LogP contribution in [-0.4, -0.2) is 52.5 Å². The molecule has 4 rings (SSSR count). The van der Waals surface area contributed by atoms with Crippen LogP contribution in [0.15, 0.2) is 30.7 Å². The normalized spacial score (nSPS) is 12.4. The fourth-order valence-corrected chi connectivity index (χ4v) is 4.41. The van der Waals surface area contributed by atoms with Crippen molar-refractivity contribution in [3.05, 3.63) is 47.8 Å². The molecule has 236 valence electrons. The molecule has 3 aromatic heterocycles. The van der Waals surface area contributed by atoms with E-state index in [1.54, 1.807) is 46.6 Å². The van der Waals surface area contributed by atoms with E-state index in [1.165, 1.54) is 18.2 Å². The van der Waals surface area contributed by atoms with E-state index in [-0.39, 0.29) is 11.7 Å². The minimum Gasteiger partial charge on any atom is -0.371 e. The Labute approximate surface area is 258 Å². The van der Waals surface area contributed by atoms with Crippen LogP contribution in [0.3, 0.4) is 0 Å². The second kappa shape index (κ2) is 19.4. The van der Waals surface area contributed by atoms with Gasteiger partial charge in [0.15, 0.2) is 11.5 Å². The van der Waals surface area contributed by atoms with Crippen molar-refractivity contribution in [1.29, 1.82) is 0 Å². The molecule has 1 aliphatic heterocycles. The number of anilines is 3. The van der Waals surface area contributed by atoms with Gasteiger partial charge in [0.25, 0.3) is 0 Å². The smallest absolute Gasteiger partial charge is 0.327 e. The fourth-order valence-electron chi connectivity index (χ4n) is 4.41. The minimum absolute atomic E-state index is 0.247. The molecule has 9 heteroatoms. The van der Waals surface area contributed by atoms with E-state index in [1.807, 2.05) is 26.4 Å². The summed E-state index contributed by atoms with van der Waals surface area (Å²) in [6.07, 6.45) is 13.4. The maximum Gasteiger partial charge on any atom is 0.327 e. The first kappa shape index (κ1) is 37.2. The lowest BCUT2D eigenvalue weighted by molar-refractivity contribution is 0.257. The van der Waals surface area contributed by atoms with Crippen molar-refractivity contribution in [1.82, 2.24) is 14.4 Å². The van der Waals surface area contributed by atoms with E-state index in [2.05, 4.69) is 67.8 Å². The van der Waals surface area contributed by atoms with E-state index in [0.29, 0.717) is 29.7 Å². The first-order chi connectivity index (χ1) is 20.1. The number of halogens is 1. The highest BCUT2D eigenvalue weighted by Crippen LogP contribution is 2.34. The second-order valence-corrected chi connectivity index (χ2v) is 11.9. The van der Waals surface area contributed by atoms with Gasteiger partial charge in [0.2, 0.25) is 0 Å². The number of fused-ring (bicyclic) bond motifs is 2. The maximum absolute atomic E-state index is 14.4. The molecule has 1 aliphatic rings. The molecule has 0 bridgehead atoms. The van der Waals surface area contributed by atoms with Crippen molar-refractivity contribution >= 4 is 40.6 Å². The summed E-state index contributed by atoms with van der Waals surface area (Å²) in [5, 5.41) is 2.83. The third-order valence-corrected chi connectivity index (χ3v) is 6.40. The lowest BCUT2D eigenvalue weighted by Crippen LogP contribution is -2.34. The molecule has 0 aliphatic carbocycles. The van der Waals surface area contributed by atoms with E-state index >= 15 is 0 Å². The van der Waals surface area contributed by atoms with E-state index < -0.39 is 5.82 Å². The number of imidazole rings is 1. The van der Waals surface area contributed by atoms with E-state index in [9.17, 15) is 9.18 Å². The van der Waals surface area contributed by atoms with Gasteiger partial charge in [-0.3, -0.25) is 4.90 Å². The molecule has 4 heterocycles. The Morgan fingerprint density at radius 2 is 1.79 bits per heavy atom. The molecule has 3 aromatic rings. The van der Waals surface area contributed by atoms with Crippen LogP contribution in [0.1, 0.15) is 85.9 Å². The van der Waals surface area contributed by atoms with Crippen LogP contribution in [0.5, 0.6) is 0 Å². The van der Waals surface area contributed by atoms with Crippen molar-refractivity contribution < 1.29 is 9.18 Å². The number of aryl methyl sites for hydroxylation is 1. The summed E-state index contributed by atoms with van der Waals surface area (Å²) in [7, 11) is 0. The molecule has 0 fully saturated rings. The summed E-state index contributed by atoms with van der Waals surface area (Å²) in [6, 6.07) is 3.06. The largest absolute Gasteiger partial charge is 0.371 e. The van der Waals surface area contributed by atoms with Gasteiger partial charge in [-0.2, -0.15) is 11.8 Å². The zero-order chi connectivity index (χ0) is 31.8. The molecule has 0 saturated carbocycles. The zero-order valence-corrected chi connectivity index (χ0v) is 28.7. The van der Waals surface area contributed by atoms with Gasteiger partial charge in [0.1, 0.15) is 5.82 Å². The number of rotatable bonds is 8. The van der Waals surface area contributed by atoms with E-state index in [0.717, 1.165) is 43.8 Å². The Bertz CT molecular complexity index is 1210. The average molecular weight is 603 g/mol. The number of carbonyl (C=O) groups excluding carboxylic acids is 1. The van der Waals surface area contributed by atoms with Crippen LogP contribution in [0.2, 0.25) is 0 Å². The highest BCUT2D eigenvalue weighted by atomic mass is 32.2. The third kappa shape index (κ3) is 11.1. The van der Waals surface area contributed by atoms with Gasteiger partial charge in [-0.1, -0.05) is 61.8 Å². The highest BCUT2D eigenvalue weighted by Gasteiger charge is 2.29. The number of pyridine rings is 2. The third-order valence-electron chi connectivity index (χ3n) is 6.40. The molecule has 2 amide bonds. The molecule has 7 nitrogen and oxygen atoms in total. The van der Waals surface area contributed by atoms with Gasteiger partial charge in [0.05, 0.1) is 11.4 Å². The number of urea groups is 1. The molecule has 1 atom stereocenters. The number of hydrogen-bond acceptors (Lipinski definition) is 5. The van der Waals surface area contributed by atoms with Gasteiger partial charge < -0.3 is 14.6 Å². The SMILES string of the molecule is CC.CC(C)C.CCCN(CCC(C)CC)c1ccnc2c1CCN2C(=O)Nc1cc(F)c2nc(C)cn2c1.CSC. The number of thioether (sulfide) groups is 1. The van der Waals surface area contributed by atoms with Crippen molar-refractivity contribution in [2.45, 2.75) is 88.0 Å². The fraction of sp³-hybridized carbons (Fsp3) is 0.606.